The quantitative estimate of drug-likeness (QED) is 0.213. The number of fused-ring (bicyclic) bond motifs is 1. The van der Waals surface area contributed by atoms with Crippen molar-refractivity contribution < 1.29 is 19.0 Å². The second kappa shape index (κ2) is 15.6. The molecule has 47 heavy (non-hydrogen) atoms. The van der Waals surface area contributed by atoms with E-state index in [1.807, 2.05) is 83.8 Å². The van der Waals surface area contributed by atoms with Crippen LogP contribution in [0.25, 0.3) is 10.8 Å². The number of nitriles is 1. The first-order chi connectivity index (χ1) is 23.1. The molecule has 0 radical (unpaired) electrons. The van der Waals surface area contributed by atoms with Gasteiger partial charge in [-0.2, -0.15) is 5.26 Å². The molecule has 2 aliphatic rings. The number of hydrogen-bond donors (Lipinski definition) is 0. The summed E-state index contributed by atoms with van der Waals surface area (Å²) in [5.74, 6) is -0.226. The summed E-state index contributed by atoms with van der Waals surface area (Å²) < 4.78 is 17.8. The van der Waals surface area contributed by atoms with Crippen molar-refractivity contribution in [1.82, 2.24) is 14.7 Å². The van der Waals surface area contributed by atoms with Crippen LogP contribution in [0.1, 0.15) is 22.6 Å². The van der Waals surface area contributed by atoms with E-state index in [1.165, 1.54) is 0 Å². The van der Waals surface area contributed by atoms with Gasteiger partial charge in [-0.05, 0) is 28.0 Å². The van der Waals surface area contributed by atoms with Gasteiger partial charge in [0.15, 0.2) is 5.41 Å². The first-order valence-electron chi connectivity index (χ1n) is 16.6. The second-order valence-corrected chi connectivity index (χ2v) is 12.4. The van der Waals surface area contributed by atoms with Crippen molar-refractivity contribution in [2.24, 2.45) is 5.41 Å². The third-order valence-corrected chi connectivity index (χ3v) is 9.60. The van der Waals surface area contributed by atoms with Crippen molar-refractivity contribution in [3.63, 3.8) is 0 Å². The zero-order valence-corrected chi connectivity index (χ0v) is 27.2. The lowest BCUT2D eigenvalue weighted by Gasteiger charge is -2.42. The number of piperazine rings is 1. The molecule has 4 aromatic rings. The van der Waals surface area contributed by atoms with E-state index in [0.29, 0.717) is 25.4 Å². The van der Waals surface area contributed by atoms with Crippen LogP contribution < -0.4 is 4.74 Å². The molecule has 0 saturated carbocycles. The van der Waals surface area contributed by atoms with Gasteiger partial charge >= 0.3 is 0 Å². The molecule has 0 N–H and O–H groups in total. The first-order valence-corrected chi connectivity index (χ1v) is 16.6. The highest BCUT2D eigenvalue weighted by Gasteiger charge is 2.52. The summed E-state index contributed by atoms with van der Waals surface area (Å²) in [7, 11) is 1.64. The number of carbonyl (C=O) groups is 1. The predicted octanol–water partition coefficient (Wildman–Crippen LogP) is 5.18. The van der Waals surface area contributed by atoms with Gasteiger partial charge in [0.1, 0.15) is 5.75 Å². The number of nitrogens with zero attached hydrogens (tertiary/aromatic N) is 4. The molecule has 2 atom stereocenters. The smallest absolute Gasteiger partial charge is 0.246 e. The van der Waals surface area contributed by atoms with E-state index in [0.717, 1.165) is 79.9 Å². The fourth-order valence-corrected chi connectivity index (χ4v) is 6.99. The summed E-state index contributed by atoms with van der Waals surface area (Å²) in [5.41, 5.74) is 1.10. The maximum atomic E-state index is 15.1. The monoisotopic (exact) mass is 632 g/mol. The molecule has 244 valence electrons. The largest absolute Gasteiger partial charge is 0.496 e. The van der Waals surface area contributed by atoms with Gasteiger partial charge in [0.25, 0.3) is 0 Å². The Balaban J connectivity index is 1.36. The zero-order chi connectivity index (χ0) is 32.5. The van der Waals surface area contributed by atoms with Gasteiger partial charge in [-0.1, -0.05) is 91.0 Å². The number of methoxy groups -OCH3 is 1. The van der Waals surface area contributed by atoms with Crippen LogP contribution in [0, 0.1) is 16.7 Å². The van der Waals surface area contributed by atoms with Crippen LogP contribution in [0.3, 0.4) is 0 Å². The Labute approximate surface area is 278 Å². The minimum atomic E-state index is -1.57. The molecule has 2 aliphatic heterocycles. The van der Waals surface area contributed by atoms with Gasteiger partial charge in [-0.3, -0.25) is 14.6 Å². The van der Waals surface area contributed by atoms with Crippen molar-refractivity contribution in [3.8, 4) is 11.8 Å². The minimum absolute atomic E-state index is 0.0690. The lowest BCUT2D eigenvalue weighted by Crippen LogP contribution is -2.56. The van der Waals surface area contributed by atoms with E-state index in [-0.39, 0.29) is 12.5 Å². The number of carbonyl (C=O) groups excluding carboxylic acids is 1. The highest BCUT2D eigenvalue weighted by atomic mass is 16.5. The van der Waals surface area contributed by atoms with Crippen molar-refractivity contribution in [2.75, 3.05) is 79.3 Å². The van der Waals surface area contributed by atoms with E-state index in [1.54, 1.807) is 7.11 Å². The topological polar surface area (TPSA) is 78.3 Å². The lowest BCUT2D eigenvalue weighted by atomic mass is 9.67. The summed E-state index contributed by atoms with van der Waals surface area (Å²) in [4.78, 5) is 21.8. The second-order valence-electron chi connectivity index (χ2n) is 12.4. The Kier molecular flexibility index (Phi) is 10.8. The molecule has 2 fully saturated rings. The normalized spacial score (nSPS) is 17.9. The molecule has 2 unspecified atom stereocenters. The van der Waals surface area contributed by atoms with Crippen molar-refractivity contribution in [3.05, 3.63) is 114 Å². The Bertz CT molecular complexity index is 1660. The van der Waals surface area contributed by atoms with Gasteiger partial charge in [0, 0.05) is 63.8 Å². The number of rotatable bonds is 12. The van der Waals surface area contributed by atoms with Gasteiger partial charge < -0.3 is 19.1 Å². The summed E-state index contributed by atoms with van der Waals surface area (Å²) in [6.07, 6.45) is 0. The van der Waals surface area contributed by atoms with Crippen LogP contribution in [0.4, 0.5) is 0 Å². The number of morpholine rings is 1. The van der Waals surface area contributed by atoms with Crippen molar-refractivity contribution >= 4 is 16.7 Å². The molecule has 2 saturated heterocycles. The van der Waals surface area contributed by atoms with Gasteiger partial charge in [0.05, 0.1) is 39.6 Å². The summed E-state index contributed by atoms with van der Waals surface area (Å²) in [6.45, 7) is 8.29. The van der Waals surface area contributed by atoms with E-state index in [4.69, 9.17) is 14.2 Å². The standard InChI is InChI=1S/C39H44N4O4/c1-45-36-17-8-7-15-35(36)37(34-16-9-13-32-12-5-6-14-33(32)34)39(29-40,30-47-28-31-10-3-2-4-11-31)38(44)43-22-20-41(21-23-43)18-19-42-24-26-46-27-25-42/h2-17,37H,18-28,30H2,1H3. The first kappa shape index (κ1) is 32.7. The molecular weight excluding hydrogens is 588 g/mol. The highest BCUT2D eigenvalue weighted by Crippen LogP contribution is 2.48. The third-order valence-electron chi connectivity index (χ3n) is 9.60. The molecule has 6 rings (SSSR count). The Hall–Kier alpha value is -4.26. The maximum Gasteiger partial charge on any atom is 0.246 e. The average Bonchev–Trinajstić information content (AvgIpc) is 3.14. The van der Waals surface area contributed by atoms with Gasteiger partial charge in [-0.15, -0.1) is 0 Å². The molecule has 0 spiro atoms. The van der Waals surface area contributed by atoms with Crippen LogP contribution >= 0.6 is 0 Å². The zero-order valence-electron chi connectivity index (χ0n) is 27.2. The molecule has 8 heteroatoms. The lowest BCUT2D eigenvalue weighted by molar-refractivity contribution is -0.145. The van der Waals surface area contributed by atoms with E-state index >= 15 is 4.79 Å². The Morgan fingerprint density at radius 1 is 0.809 bits per heavy atom. The fraction of sp³-hybridized carbons (Fsp3) is 0.385. The molecule has 4 aromatic carbocycles. The third kappa shape index (κ3) is 7.34. The van der Waals surface area contributed by atoms with Crippen LogP contribution in [0.5, 0.6) is 5.75 Å². The number of benzene rings is 4. The van der Waals surface area contributed by atoms with Gasteiger partial charge in [0.2, 0.25) is 5.91 Å². The van der Waals surface area contributed by atoms with Crippen LogP contribution in [0.2, 0.25) is 0 Å². The Morgan fingerprint density at radius 3 is 2.19 bits per heavy atom. The van der Waals surface area contributed by atoms with Gasteiger partial charge in [-0.25, -0.2) is 0 Å². The van der Waals surface area contributed by atoms with Crippen molar-refractivity contribution in [1.29, 1.82) is 5.26 Å². The summed E-state index contributed by atoms with van der Waals surface area (Å²) in [6, 6.07) is 34.5. The van der Waals surface area contributed by atoms with E-state index in [9.17, 15) is 5.26 Å². The summed E-state index contributed by atoms with van der Waals surface area (Å²) >= 11 is 0. The average molecular weight is 633 g/mol. The molecule has 0 aliphatic carbocycles. The van der Waals surface area contributed by atoms with Crippen LogP contribution in [0.15, 0.2) is 97.1 Å². The molecule has 1 amide bonds. The van der Waals surface area contributed by atoms with E-state index < -0.39 is 11.3 Å². The molecular formula is C39H44N4O4. The van der Waals surface area contributed by atoms with Crippen molar-refractivity contribution in [2.45, 2.75) is 12.5 Å². The van der Waals surface area contributed by atoms with E-state index in [2.05, 4.69) is 34.1 Å². The number of amides is 1. The molecule has 2 heterocycles. The van der Waals surface area contributed by atoms with Crippen LogP contribution in [-0.4, -0.2) is 99.9 Å². The number of hydrogen-bond acceptors (Lipinski definition) is 7. The maximum absolute atomic E-state index is 15.1. The molecule has 8 nitrogen and oxygen atoms in total. The fourth-order valence-electron chi connectivity index (χ4n) is 6.99. The predicted molar refractivity (Wildman–Crippen MR) is 183 cm³/mol. The molecule has 0 bridgehead atoms. The summed E-state index contributed by atoms with van der Waals surface area (Å²) in [5, 5.41) is 13.4. The Morgan fingerprint density at radius 2 is 1.45 bits per heavy atom. The minimum Gasteiger partial charge on any atom is -0.496 e. The highest BCUT2D eigenvalue weighted by molar-refractivity contribution is 5.92. The van der Waals surface area contributed by atoms with Crippen LogP contribution in [-0.2, 0) is 20.9 Å². The SMILES string of the molecule is COc1ccccc1C(c1cccc2ccccc12)C(C#N)(COCc1ccccc1)C(=O)N1CCN(CCN2CCOCC2)CC1. The number of para-hydroxylation sites is 1. The molecule has 0 aromatic heterocycles. The number of ether oxygens (including phenoxy) is 3.